The Labute approximate surface area is 96.4 Å². The maximum Gasteiger partial charge on any atom is 0.0215 e. The summed E-state index contributed by atoms with van der Waals surface area (Å²) < 4.78 is 0. The van der Waals surface area contributed by atoms with Crippen LogP contribution in [0.4, 0.5) is 0 Å². The Balaban J connectivity index is 3.63. The Hall–Kier alpha value is -0.0800. The molecule has 0 atom stereocenters. The fourth-order valence-electron chi connectivity index (χ4n) is 1.92. The average molecular weight is 214 g/mol. The Bertz CT molecular complexity index is 114. The van der Waals surface area contributed by atoms with Crippen molar-refractivity contribution in [3.8, 4) is 0 Å². The molecular weight excluding hydrogens is 184 g/mol. The van der Waals surface area contributed by atoms with E-state index in [9.17, 15) is 0 Å². The van der Waals surface area contributed by atoms with Crippen molar-refractivity contribution >= 4 is 0 Å². The molecule has 0 saturated carbocycles. The molecule has 15 heavy (non-hydrogen) atoms. The van der Waals surface area contributed by atoms with Gasteiger partial charge in [-0.3, -0.25) is 10.4 Å². The largest absolute Gasteiger partial charge is 0.253 e. The lowest BCUT2D eigenvalue weighted by Gasteiger charge is -2.23. The molecule has 0 amide bonds. The summed E-state index contributed by atoms with van der Waals surface area (Å²) >= 11 is 0. The number of nitrogens with zero attached hydrogens (tertiary/aromatic N) is 1. The zero-order chi connectivity index (χ0) is 11.5. The average Bonchev–Trinajstić information content (AvgIpc) is 2.17. The molecule has 0 aliphatic rings. The summed E-state index contributed by atoms with van der Waals surface area (Å²) in [5.74, 6) is 0. The van der Waals surface area contributed by atoms with Crippen molar-refractivity contribution in [1.29, 1.82) is 0 Å². The van der Waals surface area contributed by atoms with Crippen LogP contribution in [0.2, 0.25) is 0 Å². The molecule has 0 aromatic heterocycles. The smallest absolute Gasteiger partial charge is 0.0215 e. The number of unbranched alkanes of at least 4 members (excludes halogenated alkanes) is 4. The minimum Gasteiger partial charge on any atom is -0.253 e. The maximum atomic E-state index is 3.53. The molecule has 0 saturated heterocycles. The first-order valence-corrected chi connectivity index (χ1v) is 6.64. The zero-order valence-electron chi connectivity index (χ0n) is 11.2. The van der Waals surface area contributed by atoms with Crippen molar-refractivity contribution in [3.63, 3.8) is 0 Å². The van der Waals surface area contributed by atoms with Crippen LogP contribution < -0.4 is 5.43 Å². The fourth-order valence-corrected chi connectivity index (χ4v) is 1.92. The van der Waals surface area contributed by atoms with Gasteiger partial charge in [-0.15, -0.1) is 0 Å². The Morgan fingerprint density at radius 1 is 0.867 bits per heavy atom. The van der Waals surface area contributed by atoms with E-state index < -0.39 is 0 Å². The van der Waals surface area contributed by atoms with Crippen molar-refractivity contribution in [1.82, 2.24) is 10.4 Å². The van der Waals surface area contributed by atoms with Crippen molar-refractivity contribution in [2.45, 2.75) is 71.3 Å². The van der Waals surface area contributed by atoms with Crippen LogP contribution in [-0.4, -0.2) is 25.1 Å². The number of rotatable bonds is 10. The highest BCUT2D eigenvalue weighted by atomic mass is 15.5. The van der Waals surface area contributed by atoms with Gasteiger partial charge in [0, 0.05) is 20.1 Å². The number of hydrazine groups is 1. The topological polar surface area (TPSA) is 15.3 Å². The summed E-state index contributed by atoms with van der Waals surface area (Å²) in [5.41, 5.74) is 3.53. The van der Waals surface area contributed by atoms with Crippen molar-refractivity contribution in [2.75, 3.05) is 14.1 Å². The van der Waals surface area contributed by atoms with Crippen LogP contribution in [0.15, 0.2) is 0 Å². The number of hydrogen-bond donors (Lipinski definition) is 1. The van der Waals surface area contributed by atoms with Gasteiger partial charge in [-0.25, -0.2) is 0 Å². The van der Waals surface area contributed by atoms with Crippen molar-refractivity contribution in [2.24, 2.45) is 0 Å². The van der Waals surface area contributed by atoms with Gasteiger partial charge >= 0.3 is 0 Å². The molecule has 0 aliphatic carbocycles. The van der Waals surface area contributed by atoms with Gasteiger partial charge in [-0.1, -0.05) is 52.4 Å². The molecule has 2 heteroatoms. The first kappa shape index (κ1) is 14.9. The van der Waals surface area contributed by atoms with E-state index in [4.69, 9.17) is 0 Å². The lowest BCUT2D eigenvalue weighted by atomic mass is 10.0. The zero-order valence-corrected chi connectivity index (χ0v) is 11.2. The van der Waals surface area contributed by atoms with Gasteiger partial charge in [-0.05, 0) is 12.8 Å². The van der Waals surface area contributed by atoms with E-state index in [1.807, 2.05) is 0 Å². The quantitative estimate of drug-likeness (QED) is 0.442. The lowest BCUT2D eigenvalue weighted by molar-refractivity contribution is 0.220. The van der Waals surface area contributed by atoms with Gasteiger partial charge < -0.3 is 0 Å². The monoisotopic (exact) mass is 214 g/mol. The van der Waals surface area contributed by atoms with E-state index in [1.165, 1.54) is 51.4 Å². The molecule has 0 aromatic rings. The van der Waals surface area contributed by atoms with Crippen LogP contribution in [0.5, 0.6) is 0 Å². The summed E-state index contributed by atoms with van der Waals surface area (Å²) in [5, 5.41) is 2.10. The summed E-state index contributed by atoms with van der Waals surface area (Å²) in [7, 11) is 4.18. The van der Waals surface area contributed by atoms with Crippen LogP contribution in [0.3, 0.4) is 0 Å². The Morgan fingerprint density at radius 2 is 1.33 bits per heavy atom. The van der Waals surface area contributed by atoms with E-state index in [1.54, 1.807) is 0 Å². The molecule has 0 rings (SSSR count). The summed E-state index contributed by atoms with van der Waals surface area (Å²) in [6.07, 6.45) is 10.8. The second kappa shape index (κ2) is 10.4. The predicted octanol–water partition coefficient (Wildman–Crippen LogP) is 3.58. The number of nitrogens with one attached hydrogen (secondary N) is 1. The SMILES string of the molecule is CCCCCC(CCCCC)NN(C)C. The lowest BCUT2D eigenvalue weighted by Crippen LogP contribution is -2.39. The summed E-state index contributed by atoms with van der Waals surface area (Å²) in [6.45, 7) is 4.54. The third-order valence-electron chi connectivity index (χ3n) is 2.75. The maximum absolute atomic E-state index is 3.53. The first-order valence-electron chi connectivity index (χ1n) is 6.64. The minimum atomic E-state index is 0.693. The molecule has 0 aromatic carbocycles. The highest BCUT2D eigenvalue weighted by molar-refractivity contribution is 4.64. The van der Waals surface area contributed by atoms with Crippen LogP contribution in [0, 0.1) is 0 Å². The predicted molar refractivity (Wildman–Crippen MR) is 68.9 cm³/mol. The van der Waals surface area contributed by atoms with Gasteiger partial charge in [0.1, 0.15) is 0 Å². The van der Waals surface area contributed by atoms with Gasteiger partial charge in [-0.2, -0.15) is 0 Å². The highest BCUT2D eigenvalue weighted by Gasteiger charge is 2.07. The van der Waals surface area contributed by atoms with Gasteiger partial charge in [0.25, 0.3) is 0 Å². The van der Waals surface area contributed by atoms with Crippen LogP contribution in [0.25, 0.3) is 0 Å². The van der Waals surface area contributed by atoms with Crippen LogP contribution in [-0.2, 0) is 0 Å². The highest BCUT2D eigenvalue weighted by Crippen LogP contribution is 2.10. The first-order chi connectivity index (χ1) is 7.20. The Morgan fingerprint density at radius 3 is 1.67 bits per heavy atom. The standard InChI is InChI=1S/C13H30N2/c1-5-7-9-11-13(14-15(3)4)12-10-8-6-2/h13-14H,5-12H2,1-4H3. The van der Waals surface area contributed by atoms with E-state index in [0.717, 1.165) is 0 Å². The van der Waals surface area contributed by atoms with Gasteiger partial charge in [0.2, 0.25) is 0 Å². The van der Waals surface area contributed by atoms with Gasteiger partial charge in [0.15, 0.2) is 0 Å². The van der Waals surface area contributed by atoms with E-state index >= 15 is 0 Å². The molecule has 0 aliphatic heterocycles. The molecule has 0 heterocycles. The van der Waals surface area contributed by atoms with Crippen LogP contribution in [0.1, 0.15) is 65.2 Å². The van der Waals surface area contributed by atoms with E-state index in [0.29, 0.717) is 6.04 Å². The molecule has 0 bridgehead atoms. The fraction of sp³-hybridized carbons (Fsp3) is 1.00. The van der Waals surface area contributed by atoms with Crippen LogP contribution >= 0.6 is 0 Å². The Kier molecular flexibility index (Phi) is 10.4. The van der Waals surface area contributed by atoms with Gasteiger partial charge in [0.05, 0.1) is 0 Å². The molecule has 0 radical (unpaired) electrons. The third kappa shape index (κ3) is 10.2. The molecule has 0 spiro atoms. The third-order valence-corrected chi connectivity index (χ3v) is 2.75. The molecule has 1 N–H and O–H groups in total. The summed E-state index contributed by atoms with van der Waals surface area (Å²) in [6, 6.07) is 0.693. The van der Waals surface area contributed by atoms with E-state index in [-0.39, 0.29) is 0 Å². The molecule has 0 unspecified atom stereocenters. The molecule has 92 valence electrons. The van der Waals surface area contributed by atoms with Crippen molar-refractivity contribution in [3.05, 3.63) is 0 Å². The second-order valence-corrected chi connectivity index (χ2v) is 4.71. The minimum absolute atomic E-state index is 0.693. The summed E-state index contributed by atoms with van der Waals surface area (Å²) in [4.78, 5) is 0. The van der Waals surface area contributed by atoms with E-state index in [2.05, 4.69) is 38.4 Å². The number of hydrogen-bond acceptors (Lipinski definition) is 2. The molecular formula is C13H30N2. The molecule has 2 nitrogen and oxygen atoms in total. The molecule has 0 fully saturated rings. The normalized spacial score (nSPS) is 11.6. The second-order valence-electron chi connectivity index (χ2n) is 4.71. The van der Waals surface area contributed by atoms with Crippen molar-refractivity contribution < 1.29 is 0 Å².